The number of aliphatic hydroxyl groups is 1. The Hall–Kier alpha value is -2.15. The maximum Gasteiger partial charge on any atom is 0.488 e. The molecule has 0 fully saturated rings. The first kappa shape index (κ1) is 14.3. The fraction of sp³-hybridized carbons (Fsp3) is 0.0714. The van der Waals surface area contributed by atoms with Gasteiger partial charge in [-0.15, -0.1) is 0 Å². The number of hydrogen-bond donors (Lipinski definition) is 4. The second-order valence-electron chi connectivity index (χ2n) is 4.38. The fourth-order valence-electron chi connectivity index (χ4n) is 1.99. The molecule has 0 bridgehead atoms. The maximum atomic E-state index is 11.5. The summed E-state index contributed by atoms with van der Waals surface area (Å²) in [6.45, 7) is 0. The van der Waals surface area contributed by atoms with Crippen LogP contribution in [0.1, 0.15) is 11.1 Å². The van der Waals surface area contributed by atoms with Crippen LogP contribution in [0, 0.1) is 0 Å². The van der Waals surface area contributed by atoms with E-state index in [1.54, 1.807) is 18.2 Å². The second kappa shape index (κ2) is 5.46. The molecule has 0 amide bonds. The average molecular weight is 272 g/mol. The summed E-state index contributed by atoms with van der Waals surface area (Å²) in [4.78, 5) is 11.5. The Balaban J connectivity index is 2.51. The summed E-state index contributed by atoms with van der Waals surface area (Å²) in [5.74, 6) is -1.40. The molecular formula is C14H13BO5. The third kappa shape index (κ3) is 2.44. The van der Waals surface area contributed by atoms with E-state index in [-0.39, 0.29) is 16.6 Å². The van der Waals surface area contributed by atoms with Crippen LogP contribution < -0.4 is 5.46 Å². The standard InChI is InChI=1S/C14H13BO5/c16-13(17)14(18,10-4-2-1-3-5-10)11-6-8-12(9-7-11)15(19)20/h1-9,18-20H,(H,16,17). The minimum atomic E-state index is -2.18. The quantitative estimate of drug-likeness (QED) is 0.572. The monoisotopic (exact) mass is 272 g/mol. The van der Waals surface area contributed by atoms with Gasteiger partial charge < -0.3 is 20.3 Å². The number of rotatable bonds is 4. The van der Waals surface area contributed by atoms with Crippen LogP contribution >= 0.6 is 0 Å². The maximum absolute atomic E-state index is 11.5. The molecule has 0 heterocycles. The molecule has 2 rings (SSSR count). The van der Waals surface area contributed by atoms with Gasteiger partial charge in [0.15, 0.2) is 0 Å². The van der Waals surface area contributed by atoms with Gasteiger partial charge in [0.25, 0.3) is 0 Å². The lowest BCUT2D eigenvalue weighted by Crippen LogP contribution is -2.37. The van der Waals surface area contributed by atoms with Crippen LogP contribution in [0.15, 0.2) is 54.6 Å². The molecule has 0 aromatic heterocycles. The van der Waals surface area contributed by atoms with Gasteiger partial charge in [-0.05, 0) is 16.6 Å². The molecular weight excluding hydrogens is 259 g/mol. The molecule has 1 unspecified atom stereocenters. The van der Waals surface area contributed by atoms with Crippen molar-refractivity contribution in [3.63, 3.8) is 0 Å². The average Bonchev–Trinajstić information content (AvgIpc) is 2.47. The molecule has 0 aliphatic rings. The zero-order chi connectivity index (χ0) is 14.8. The number of carboxylic acid groups (broad SMARTS) is 1. The van der Waals surface area contributed by atoms with Crippen molar-refractivity contribution < 1.29 is 25.1 Å². The molecule has 0 radical (unpaired) electrons. The van der Waals surface area contributed by atoms with Gasteiger partial charge in [0.1, 0.15) is 0 Å². The highest BCUT2D eigenvalue weighted by atomic mass is 16.4. The first-order valence-electron chi connectivity index (χ1n) is 5.94. The number of aliphatic carboxylic acids is 1. The SMILES string of the molecule is O=C(O)C(O)(c1ccccc1)c1ccc(B(O)O)cc1. The molecule has 20 heavy (non-hydrogen) atoms. The highest BCUT2D eigenvalue weighted by Gasteiger charge is 2.40. The molecule has 102 valence electrons. The van der Waals surface area contributed by atoms with Crippen LogP contribution in [-0.4, -0.2) is 33.3 Å². The Labute approximate surface area is 115 Å². The van der Waals surface area contributed by atoms with E-state index in [1.165, 1.54) is 36.4 Å². The van der Waals surface area contributed by atoms with Gasteiger partial charge in [0, 0.05) is 0 Å². The molecule has 0 spiro atoms. The van der Waals surface area contributed by atoms with Crippen molar-refractivity contribution in [2.45, 2.75) is 5.60 Å². The van der Waals surface area contributed by atoms with Crippen LogP contribution in [0.3, 0.4) is 0 Å². The minimum Gasteiger partial charge on any atom is -0.479 e. The van der Waals surface area contributed by atoms with Crippen molar-refractivity contribution in [1.29, 1.82) is 0 Å². The topological polar surface area (TPSA) is 98.0 Å². The number of hydrogen-bond acceptors (Lipinski definition) is 4. The molecule has 1 atom stereocenters. The Morgan fingerprint density at radius 2 is 1.40 bits per heavy atom. The first-order valence-corrected chi connectivity index (χ1v) is 5.94. The van der Waals surface area contributed by atoms with E-state index < -0.39 is 18.7 Å². The lowest BCUT2D eigenvalue weighted by molar-refractivity contribution is -0.155. The molecule has 0 saturated heterocycles. The van der Waals surface area contributed by atoms with Crippen LogP contribution in [0.5, 0.6) is 0 Å². The van der Waals surface area contributed by atoms with Crippen LogP contribution in [-0.2, 0) is 10.4 Å². The zero-order valence-electron chi connectivity index (χ0n) is 10.5. The zero-order valence-corrected chi connectivity index (χ0v) is 10.5. The number of carboxylic acids is 1. The Morgan fingerprint density at radius 3 is 1.85 bits per heavy atom. The summed E-state index contributed by atoms with van der Waals surface area (Å²) in [7, 11) is -1.64. The molecule has 6 heteroatoms. The van der Waals surface area contributed by atoms with Gasteiger partial charge in [0.05, 0.1) is 0 Å². The van der Waals surface area contributed by atoms with Gasteiger partial charge in [-0.1, -0.05) is 54.6 Å². The third-order valence-electron chi connectivity index (χ3n) is 3.13. The fourth-order valence-corrected chi connectivity index (χ4v) is 1.99. The summed E-state index contributed by atoms with van der Waals surface area (Å²) >= 11 is 0. The van der Waals surface area contributed by atoms with Crippen molar-refractivity contribution in [2.75, 3.05) is 0 Å². The molecule has 5 nitrogen and oxygen atoms in total. The van der Waals surface area contributed by atoms with Gasteiger partial charge in [-0.3, -0.25) is 0 Å². The normalized spacial score (nSPS) is 13.6. The first-order chi connectivity index (χ1) is 9.46. The summed E-state index contributed by atoms with van der Waals surface area (Å²) in [5.41, 5.74) is -1.60. The van der Waals surface area contributed by atoms with Crippen molar-refractivity contribution in [3.05, 3.63) is 65.7 Å². The Kier molecular flexibility index (Phi) is 3.90. The van der Waals surface area contributed by atoms with Crippen molar-refractivity contribution >= 4 is 18.6 Å². The van der Waals surface area contributed by atoms with E-state index in [1.807, 2.05) is 0 Å². The molecule has 0 aliphatic carbocycles. The molecule has 2 aromatic carbocycles. The van der Waals surface area contributed by atoms with E-state index in [2.05, 4.69) is 0 Å². The number of carbonyl (C=O) groups is 1. The second-order valence-corrected chi connectivity index (χ2v) is 4.38. The van der Waals surface area contributed by atoms with Crippen LogP contribution in [0.2, 0.25) is 0 Å². The van der Waals surface area contributed by atoms with Gasteiger partial charge in [0.2, 0.25) is 5.60 Å². The summed E-state index contributed by atoms with van der Waals surface area (Å²) in [6.07, 6.45) is 0. The smallest absolute Gasteiger partial charge is 0.479 e. The van der Waals surface area contributed by atoms with E-state index >= 15 is 0 Å². The largest absolute Gasteiger partial charge is 0.488 e. The Bertz CT molecular complexity index is 597. The van der Waals surface area contributed by atoms with Crippen LogP contribution in [0.25, 0.3) is 0 Å². The highest BCUT2D eigenvalue weighted by Crippen LogP contribution is 2.29. The molecule has 0 saturated carbocycles. The molecule has 0 aliphatic heterocycles. The lowest BCUT2D eigenvalue weighted by atomic mass is 9.78. The van der Waals surface area contributed by atoms with Crippen molar-refractivity contribution in [3.8, 4) is 0 Å². The summed E-state index contributed by atoms with van der Waals surface area (Å²) in [6, 6.07) is 13.5. The highest BCUT2D eigenvalue weighted by molar-refractivity contribution is 6.58. The van der Waals surface area contributed by atoms with E-state index in [0.717, 1.165) is 0 Å². The predicted molar refractivity (Wildman–Crippen MR) is 73.3 cm³/mol. The van der Waals surface area contributed by atoms with Gasteiger partial charge in [-0.25, -0.2) is 4.79 Å². The predicted octanol–water partition coefficient (Wildman–Crippen LogP) is -0.313. The number of benzene rings is 2. The van der Waals surface area contributed by atoms with Gasteiger partial charge in [-0.2, -0.15) is 0 Å². The van der Waals surface area contributed by atoms with Crippen molar-refractivity contribution in [1.82, 2.24) is 0 Å². The summed E-state index contributed by atoms with van der Waals surface area (Å²) in [5, 5.41) is 37.9. The van der Waals surface area contributed by atoms with E-state index in [9.17, 15) is 15.0 Å². The minimum absolute atomic E-state index is 0.139. The van der Waals surface area contributed by atoms with Crippen molar-refractivity contribution in [2.24, 2.45) is 0 Å². The lowest BCUT2D eigenvalue weighted by Gasteiger charge is -2.24. The molecule has 4 N–H and O–H groups in total. The van der Waals surface area contributed by atoms with Gasteiger partial charge >= 0.3 is 13.1 Å². The third-order valence-corrected chi connectivity index (χ3v) is 3.13. The van der Waals surface area contributed by atoms with E-state index in [4.69, 9.17) is 10.0 Å². The van der Waals surface area contributed by atoms with E-state index in [0.29, 0.717) is 0 Å². The summed E-state index contributed by atoms with van der Waals surface area (Å²) < 4.78 is 0. The van der Waals surface area contributed by atoms with Crippen LogP contribution in [0.4, 0.5) is 0 Å². The molecule has 2 aromatic rings. The Morgan fingerprint density at radius 1 is 0.900 bits per heavy atom.